The Kier molecular flexibility index (Phi) is 2.97. The molecular formula is C12H8FN3O. The molecular weight excluding hydrogens is 221 g/mol. The maximum Gasteiger partial charge on any atom is 0.323 e. The molecule has 5 heteroatoms. The summed E-state index contributed by atoms with van der Waals surface area (Å²) in [4.78, 5) is 7.60. The maximum absolute atomic E-state index is 13.4. The second-order valence-electron chi connectivity index (χ2n) is 3.37. The van der Waals surface area contributed by atoms with Gasteiger partial charge in [-0.05, 0) is 30.7 Å². The van der Waals surface area contributed by atoms with Crippen molar-refractivity contribution in [3.8, 4) is 17.8 Å². The lowest BCUT2D eigenvalue weighted by Crippen LogP contribution is -1.95. The normalized spacial score (nSPS) is 9.71. The molecule has 0 bridgehead atoms. The van der Waals surface area contributed by atoms with Crippen LogP contribution in [0, 0.1) is 24.1 Å². The first-order valence-corrected chi connectivity index (χ1v) is 4.86. The zero-order valence-corrected chi connectivity index (χ0v) is 9.01. The molecule has 17 heavy (non-hydrogen) atoms. The summed E-state index contributed by atoms with van der Waals surface area (Å²) < 4.78 is 18.6. The van der Waals surface area contributed by atoms with Gasteiger partial charge in [0.1, 0.15) is 11.8 Å². The molecule has 0 atom stereocenters. The average Bonchev–Trinajstić information content (AvgIpc) is 2.34. The Hall–Kier alpha value is -2.48. The van der Waals surface area contributed by atoms with Crippen LogP contribution in [0.15, 0.2) is 30.5 Å². The summed E-state index contributed by atoms with van der Waals surface area (Å²) in [7, 11) is 0. The molecule has 2 aromatic rings. The Morgan fingerprint density at radius 2 is 2.18 bits per heavy atom. The van der Waals surface area contributed by atoms with Gasteiger partial charge in [-0.25, -0.2) is 9.37 Å². The summed E-state index contributed by atoms with van der Waals surface area (Å²) >= 11 is 0. The summed E-state index contributed by atoms with van der Waals surface area (Å²) in [6, 6.07) is 7.73. The van der Waals surface area contributed by atoms with Gasteiger partial charge in [0.25, 0.3) is 0 Å². The molecule has 0 aliphatic carbocycles. The molecule has 0 saturated carbocycles. The number of benzene rings is 1. The summed E-state index contributed by atoms with van der Waals surface area (Å²) in [5.74, 6) is -0.457. The third kappa shape index (κ3) is 2.55. The van der Waals surface area contributed by atoms with E-state index >= 15 is 0 Å². The molecule has 1 aromatic carbocycles. The van der Waals surface area contributed by atoms with Gasteiger partial charge in [0.15, 0.2) is 11.6 Å². The van der Waals surface area contributed by atoms with Crippen LogP contribution in [0.1, 0.15) is 11.3 Å². The van der Waals surface area contributed by atoms with Crippen molar-refractivity contribution in [3.63, 3.8) is 0 Å². The van der Waals surface area contributed by atoms with Gasteiger partial charge in [-0.15, -0.1) is 0 Å². The molecule has 0 fully saturated rings. The number of aromatic nitrogens is 2. The number of nitriles is 1. The van der Waals surface area contributed by atoms with Crippen molar-refractivity contribution in [1.29, 1.82) is 5.26 Å². The minimum Gasteiger partial charge on any atom is -0.421 e. The highest BCUT2D eigenvalue weighted by Gasteiger charge is 2.07. The highest BCUT2D eigenvalue weighted by atomic mass is 19.1. The SMILES string of the molecule is Cc1ccc(F)c(Oc2nccc(C#N)n2)c1. The summed E-state index contributed by atoms with van der Waals surface area (Å²) in [5.41, 5.74) is 1.03. The molecule has 1 aromatic heterocycles. The first-order valence-electron chi connectivity index (χ1n) is 4.86. The van der Waals surface area contributed by atoms with Crippen molar-refractivity contribution in [2.24, 2.45) is 0 Å². The first-order chi connectivity index (χ1) is 8.19. The fourth-order valence-electron chi connectivity index (χ4n) is 1.24. The minimum atomic E-state index is -0.499. The molecule has 0 aliphatic rings. The van der Waals surface area contributed by atoms with E-state index in [1.807, 2.05) is 13.0 Å². The number of hydrogen-bond acceptors (Lipinski definition) is 4. The minimum absolute atomic E-state index is 0.0417. The Labute approximate surface area is 97.3 Å². The fraction of sp³-hybridized carbons (Fsp3) is 0.0833. The molecule has 0 aliphatic heterocycles. The maximum atomic E-state index is 13.4. The van der Waals surface area contributed by atoms with Gasteiger partial charge in [-0.2, -0.15) is 10.2 Å². The zero-order valence-electron chi connectivity index (χ0n) is 9.01. The average molecular weight is 229 g/mol. The third-order valence-corrected chi connectivity index (χ3v) is 2.04. The van der Waals surface area contributed by atoms with Crippen LogP contribution >= 0.6 is 0 Å². The lowest BCUT2D eigenvalue weighted by atomic mass is 10.2. The van der Waals surface area contributed by atoms with Gasteiger partial charge in [0.2, 0.25) is 0 Å². The lowest BCUT2D eigenvalue weighted by molar-refractivity contribution is 0.410. The van der Waals surface area contributed by atoms with E-state index in [2.05, 4.69) is 9.97 Å². The van der Waals surface area contributed by atoms with Crippen LogP contribution in [0.2, 0.25) is 0 Å². The van der Waals surface area contributed by atoms with Gasteiger partial charge >= 0.3 is 6.01 Å². The van der Waals surface area contributed by atoms with Crippen LogP contribution in [0.5, 0.6) is 11.8 Å². The van der Waals surface area contributed by atoms with E-state index in [0.717, 1.165) is 5.56 Å². The molecule has 1 heterocycles. The standard InChI is InChI=1S/C12H8FN3O/c1-8-2-3-10(13)11(6-8)17-12-15-5-4-9(7-14)16-12/h2-6H,1H3. The van der Waals surface area contributed by atoms with Crippen molar-refractivity contribution in [2.75, 3.05) is 0 Å². The van der Waals surface area contributed by atoms with Crippen molar-refractivity contribution in [3.05, 3.63) is 47.5 Å². The van der Waals surface area contributed by atoms with E-state index in [9.17, 15) is 4.39 Å². The molecule has 0 saturated heterocycles. The van der Waals surface area contributed by atoms with Crippen molar-refractivity contribution in [1.82, 2.24) is 9.97 Å². The molecule has 2 rings (SSSR count). The number of halogens is 1. The van der Waals surface area contributed by atoms with Crippen LogP contribution in [-0.2, 0) is 0 Å². The van der Waals surface area contributed by atoms with Crippen LogP contribution in [0.25, 0.3) is 0 Å². The van der Waals surface area contributed by atoms with Crippen molar-refractivity contribution in [2.45, 2.75) is 6.92 Å². The smallest absolute Gasteiger partial charge is 0.323 e. The molecule has 0 spiro atoms. The van der Waals surface area contributed by atoms with Crippen LogP contribution in [0.4, 0.5) is 4.39 Å². The highest BCUT2D eigenvalue weighted by Crippen LogP contribution is 2.22. The van der Waals surface area contributed by atoms with Crippen LogP contribution in [0.3, 0.4) is 0 Å². The zero-order chi connectivity index (χ0) is 12.3. The van der Waals surface area contributed by atoms with Gasteiger partial charge in [-0.1, -0.05) is 6.07 Å². The monoisotopic (exact) mass is 229 g/mol. The second kappa shape index (κ2) is 4.58. The highest BCUT2D eigenvalue weighted by molar-refractivity contribution is 5.31. The second-order valence-corrected chi connectivity index (χ2v) is 3.37. The molecule has 0 N–H and O–H groups in total. The van der Waals surface area contributed by atoms with Crippen molar-refractivity contribution < 1.29 is 9.13 Å². The number of rotatable bonds is 2. The molecule has 84 valence electrons. The summed E-state index contributed by atoms with van der Waals surface area (Å²) in [5, 5.41) is 8.66. The number of hydrogen-bond donors (Lipinski definition) is 0. The molecule has 0 radical (unpaired) electrons. The summed E-state index contributed by atoms with van der Waals surface area (Å²) in [6.07, 6.45) is 1.38. The Bertz CT molecular complexity index is 593. The van der Waals surface area contributed by atoms with E-state index in [1.54, 1.807) is 6.07 Å². The summed E-state index contributed by atoms with van der Waals surface area (Å²) in [6.45, 7) is 1.82. The van der Waals surface area contributed by atoms with Gasteiger partial charge in [0.05, 0.1) is 0 Å². The molecule has 0 amide bonds. The van der Waals surface area contributed by atoms with E-state index in [4.69, 9.17) is 10.00 Å². The van der Waals surface area contributed by atoms with Crippen LogP contribution < -0.4 is 4.74 Å². The quantitative estimate of drug-likeness (QED) is 0.794. The van der Waals surface area contributed by atoms with E-state index in [1.165, 1.54) is 24.4 Å². The lowest BCUT2D eigenvalue weighted by Gasteiger charge is -2.05. The predicted octanol–water partition coefficient (Wildman–Crippen LogP) is 2.59. The predicted molar refractivity (Wildman–Crippen MR) is 58.0 cm³/mol. The Morgan fingerprint density at radius 3 is 2.94 bits per heavy atom. The third-order valence-electron chi connectivity index (χ3n) is 2.04. The Balaban J connectivity index is 2.31. The fourth-order valence-corrected chi connectivity index (χ4v) is 1.24. The molecule has 0 unspecified atom stereocenters. The van der Waals surface area contributed by atoms with Crippen LogP contribution in [-0.4, -0.2) is 9.97 Å². The molecule has 4 nitrogen and oxygen atoms in total. The van der Waals surface area contributed by atoms with E-state index in [0.29, 0.717) is 0 Å². The van der Waals surface area contributed by atoms with E-state index < -0.39 is 5.82 Å². The largest absolute Gasteiger partial charge is 0.421 e. The van der Waals surface area contributed by atoms with Gasteiger partial charge in [0, 0.05) is 6.20 Å². The van der Waals surface area contributed by atoms with Gasteiger partial charge < -0.3 is 4.74 Å². The Morgan fingerprint density at radius 1 is 1.35 bits per heavy atom. The number of nitrogens with zero attached hydrogens (tertiary/aromatic N) is 3. The topological polar surface area (TPSA) is 58.8 Å². The number of ether oxygens (including phenoxy) is 1. The van der Waals surface area contributed by atoms with Gasteiger partial charge in [-0.3, -0.25) is 0 Å². The van der Waals surface area contributed by atoms with E-state index in [-0.39, 0.29) is 17.5 Å². The number of aryl methyl sites for hydroxylation is 1. The van der Waals surface area contributed by atoms with Crippen molar-refractivity contribution >= 4 is 0 Å². The first kappa shape index (κ1) is 11.0.